The lowest BCUT2D eigenvalue weighted by atomic mass is 10.1. The summed E-state index contributed by atoms with van der Waals surface area (Å²) >= 11 is 0. The predicted molar refractivity (Wildman–Crippen MR) is 85.3 cm³/mol. The van der Waals surface area contributed by atoms with Gasteiger partial charge in [-0.15, -0.1) is 0 Å². The van der Waals surface area contributed by atoms with E-state index in [-0.39, 0.29) is 18.1 Å². The number of carbonyl (C=O) groups is 1. The molecule has 0 fully saturated rings. The fraction of sp³-hybridized carbons (Fsp3) is 0.133. The third-order valence-corrected chi connectivity index (χ3v) is 3.38. The molecule has 0 aliphatic rings. The molecule has 0 bridgehead atoms. The summed E-state index contributed by atoms with van der Waals surface area (Å²) in [5.41, 5.74) is 1.78. The number of hydrogen-bond donors (Lipinski definition) is 3. The number of phenolic OH excluding ortho intramolecular Hbond substituents is 1. The monoisotopic (exact) mass is 320 g/mol. The van der Waals surface area contributed by atoms with Gasteiger partial charge in [-0.2, -0.15) is 0 Å². The van der Waals surface area contributed by atoms with Crippen molar-refractivity contribution in [2.75, 3.05) is 16.3 Å². The van der Waals surface area contributed by atoms with E-state index >= 15 is 0 Å². The van der Waals surface area contributed by atoms with Crippen LogP contribution in [0.1, 0.15) is 5.56 Å². The molecule has 0 aliphatic heterocycles. The normalized spacial score (nSPS) is 11.0. The zero-order valence-corrected chi connectivity index (χ0v) is 12.7. The molecule has 0 unspecified atom stereocenters. The maximum absolute atomic E-state index is 11.9. The Morgan fingerprint density at radius 3 is 2.09 bits per heavy atom. The number of phenols is 1. The minimum Gasteiger partial charge on any atom is -0.508 e. The first-order valence-corrected chi connectivity index (χ1v) is 8.36. The molecule has 0 radical (unpaired) electrons. The van der Waals surface area contributed by atoms with Crippen LogP contribution in [0.25, 0.3) is 0 Å². The van der Waals surface area contributed by atoms with Gasteiger partial charge in [-0.25, -0.2) is 8.42 Å². The smallest absolute Gasteiger partial charge is 0.229 e. The Labute approximate surface area is 128 Å². The topological polar surface area (TPSA) is 95.5 Å². The van der Waals surface area contributed by atoms with E-state index in [9.17, 15) is 18.3 Å². The van der Waals surface area contributed by atoms with Gasteiger partial charge in [0.05, 0.1) is 12.7 Å². The molecule has 0 spiro atoms. The number of amides is 1. The lowest BCUT2D eigenvalue weighted by Gasteiger charge is -2.07. The Bertz CT molecular complexity index is 753. The number of aromatic hydroxyl groups is 1. The van der Waals surface area contributed by atoms with Gasteiger partial charge in [-0.1, -0.05) is 12.1 Å². The van der Waals surface area contributed by atoms with Crippen molar-refractivity contribution in [1.82, 2.24) is 0 Å². The molecule has 0 aliphatic carbocycles. The number of rotatable bonds is 5. The molecule has 7 heteroatoms. The van der Waals surface area contributed by atoms with E-state index in [2.05, 4.69) is 10.0 Å². The minimum atomic E-state index is -3.32. The molecule has 2 aromatic rings. The third kappa shape index (κ3) is 5.10. The Morgan fingerprint density at radius 1 is 1.00 bits per heavy atom. The lowest BCUT2D eigenvalue weighted by molar-refractivity contribution is -0.115. The summed E-state index contributed by atoms with van der Waals surface area (Å²) in [5, 5.41) is 11.9. The molecule has 116 valence electrons. The van der Waals surface area contributed by atoms with Gasteiger partial charge in [0.1, 0.15) is 5.75 Å². The van der Waals surface area contributed by atoms with Crippen molar-refractivity contribution in [1.29, 1.82) is 0 Å². The Morgan fingerprint density at radius 2 is 1.55 bits per heavy atom. The summed E-state index contributed by atoms with van der Waals surface area (Å²) in [5.74, 6) is -0.0485. The van der Waals surface area contributed by atoms with E-state index in [1.807, 2.05) is 0 Å². The van der Waals surface area contributed by atoms with Crippen LogP contribution in [0.15, 0.2) is 48.5 Å². The average Bonchev–Trinajstić information content (AvgIpc) is 2.42. The van der Waals surface area contributed by atoms with Crippen molar-refractivity contribution in [3.8, 4) is 5.75 Å². The summed E-state index contributed by atoms with van der Waals surface area (Å²) in [6, 6.07) is 12.8. The zero-order chi connectivity index (χ0) is 16.2. The summed E-state index contributed by atoms with van der Waals surface area (Å²) in [6.45, 7) is 0. The van der Waals surface area contributed by atoms with Crippen molar-refractivity contribution in [3.63, 3.8) is 0 Å². The molecule has 2 rings (SSSR count). The summed E-state index contributed by atoms with van der Waals surface area (Å²) in [6.07, 6.45) is 1.25. The zero-order valence-electron chi connectivity index (χ0n) is 11.9. The van der Waals surface area contributed by atoms with Crippen LogP contribution in [0.4, 0.5) is 11.4 Å². The molecule has 1 amide bonds. The maximum Gasteiger partial charge on any atom is 0.229 e. The van der Waals surface area contributed by atoms with Gasteiger partial charge >= 0.3 is 0 Å². The molecule has 0 saturated carbocycles. The van der Waals surface area contributed by atoms with E-state index in [0.717, 1.165) is 11.8 Å². The number of hydrogen-bond acceptors (Lipinski definition) is 4. The van der Waals surface area contributed by atoms with E-state index in [0.29, 0.717) is 11.4 Å². The summed E-state index contributed by atoms with van der Waals surface area (Å²) in [7, 11) is -3.32. The van der Waals surface area contributed by atoms with Crippen LogP contribution in [-0.2, 0) is 21.2 Å². The quantitative estimate of drug-likeness (QED) is 0.784. The number of sulfonamides is 1. The van der Waals surface area contributed by atoms with Gasteiger partial charge in [0.15, 0.2) is 0 Å². The first-order valence-electron chi connectivity index (χ1n) is 6.47. The van der Waals surface area contributed by atoms with Crippen LogP contribution in [0, 0.1) is 0 Å². The molecule has 6 nitrogen and oxygen atoms in total. The molecule has 2 aromatic carbocycles. The van der Waals surface area contributed by atoms with Crippen molar-refractivity contribution < 1.29 is 18.3 Å². The highest BCUT2D eigenvalue weighted by molar-refractivity contribution is 7.92. The second-order valence-corrected chi connectivity index (χ2v) is 6.59. The number of benzene rings is 2. The molecule has 0 aromatic heterocycles. The molecule has 22 heavy (non-hydrogen) atoms. The highest BCUT2D eigenvalue weighted by atomic mass is 32.2. The fourth-order valence-electron chi connectivity index (χ4n) is 1.84. The van der Waals surface area contributed by atoms with E-state index in [1.54, 1.807) is 36.4 Å². The van der Waals surface area contributed by atoms with Crippen LogP contribution in [0.3, 0.4) is 0 Å². The van der Waals surface area contributed by atoms with Crippen LogP contribution in [-0.4, -0.2) is 25.7 Å². The molecule has 0 saturated heterocycles. The van der Waals surface area contributed by atoms with E-state index in [1.165, 1.54) is 12.1 Å². The van der Waals surface area contributed by atoms with Gasteiger partial charge in [-0.05, 0) is 42.0 Å². The highest BCUT2D eigenvalue weighted by Crippen LogP contribution is 2.15. The van der Waals surface area contributed by atoms with Crippen molar-refractivity contribution in [2.24, 2.45) is 0 Å². The second-order valence-electron chi connectivity index (χ2n) is 4.84. The number of carbonyl (C=O) groups excluding carboxylic acids is 1. The first kappa shape index (κ1) is 15.8. The van der Waals surface area contributed by atoms with Crippen LogP contribution in [0.2, 0.25) is 0 Å². The summed E-state index contributed by atoms with van der Waals surface area (Å²) in [4.78, 5) is 11.9. The largest absolute Gasteiger partial charge is 0.508 e. The SMILES string of the molecule is CS(=O)(=O)Nc1ccc(NC(=O)Cc2ccc(O)cc2)cc1. The van der Waals surface area contributed by atoms with Crippen molar-refractivity contribution in [3.05, 3.63) is 54.1 Å². The summed E-state index contributed by atoms with van der Waals surface area (Å²) < 4.78 is 24.5. The fourth-order valence-corrected chi connectivity index (χ4v) is 2.40. The van der Waals surface area contributed by atoms with E-state index < -0.39 is 10.0 Å². The Balaban J connectivity index is 1.95. The van der Waals surface area contributed by atoms with Gasteiger partial charge in [0.25, 0.3) is 0 Å². The highest BCUT2D eigenvalue weighted by Gasteiger charge is 2.05. The Kier molecular flexibility index (Phi) is 4.67. The van der Waals surface area contributed by atoms with Gasteiger partial charge in [-0.3, -0.25) is 9.52 Å². The van der Waals surface area contributed by atoms with Gasteiger partial charge in [0.2, 0.25) is 15.9 Å². The van der Waals surface area contributed by atoms with Crippen LogP contribution in [0.5, 0.6) is 5.75 Å². The number of anilines is 2. The van der Waals surface area contributed by atoms with Crippen LogP contribution >= 0.6 is 0 Å². The minimum absolute atomic E-state index is 0.151. The average molecular weight is 320 g/mol. The molecule has 0 atom stereocenters. The van der Waals surface area contributed by atoms with Crippen LogP contribution < -0.4 is 10.0 Å². The van der Waals surface area contributed by atoms with Gasteiger partial charge < -0.3 is 10.4 Å². The van der Waals surface area contributed by atoms with E-state index in [4.69, 9.17) is 0 Å². The molecule has 0 heterocycles. The predicted octanol–water partition coefficient (Wildman–Crippen LogP) is 1.94. The van der Waals surface area contributed by atoms with Crippen molar-refractivity contribution in [2.45, 2.75) is 6.42 Å². The second kappa shape index (κ2) is 6.48. The molecular weight excluding hydrogens is 304 g/mol. The maximum atomic E-state index is 11.9. The number of nitrogens with one attached hydrogen (secondary N) is 2. The first-order chi connectivity index (χ1) is 10.3. The standard InChI is InChI=1S/C15H16N2O4S/c1-22(20,21)17-13-6-4-12(5-7-13)16-15(19)10-11-2-8-14(18)9-3-11/h2-9,17-18H,10H2,1H3,(H,16,19). The van der Waals surface area contributed by atoms with Gasteiger partial charge in [0, 0.05) is 11.4 Å². The van der Waals surface area contributed by atoms with Crippen molar-refractivity contribution >= 4 is 27.3 Å². The lowest BCUT2D eigenvalue weighted by Crippen LogP contribution is -2.14. The molecule has 3 N–H and O–H groups in total. The Hall–Kier alpha value is -2.54. The third-order valence-electron chi connectivity index (χ3n) is 2.77. The molecular formula is C15H16N2O4S.